The number of aliphatic hydroxyl groups excluding tert-OH is 1. The number of benzene rings is 2. The molecule has 0 fully saturated rings. The Bertz CT molecular complexity index is 1080. The highest BCUT2D eigenvalue weighted by molar-refractivity contribution is 7.80. The number of nitrogens with one attached hydrogen (secondary N) is 2. The number of hydrogen-bond donors (Lipinski definition) is 3. The van der Waals surface area contributed by atoms with Gasteiger partial charge in [0.05, 0.1) is 11.6 Å². The number of carbonyl (C=O) groups excluding carboxylic acids is 1. The number of halogens is 1. The summed E-state index contributed by atoms with van der Waals surface area (Å²) in [7, 11) is 0. The fourth-order valence-corrected chi connectivity index (χ4v) is 3.21. The topological polar surface area (TPSA) is 83.7 Å². The van der Waals surface area contributed by atoms with Gasteiger partial charge in [0.1, 0.15) is 23.9 Å². The second kappa shape index (κ2) is 9.75. The van der Waals surface area contributed by atoms with Crippen molar-refractivity contribution in [2.45, 2.75) is 20.5 Å². The van der Waals surface area contributed by atoms with E-state index in [0.29, 0.717) is 34.5 Å². The number of amides is 1. The van der Waals surface area contributed by atoms with Crippen LogP contribution in [0.4, 0.5) is 5.69 Å². The molecule has 1 heterocycles. The van der Waals surface area contributed by atoms with Gasteiger partial charge in [0.2, 0.25) is 0 Å². The van der Waals surface area contributed by atoms with Gasteiger partial charge >= 0.3 is 0 Å². The molecule has 0 radical (unpaired) electrons. The van der Waals surface area contributed by atoms with Crippen molar-refractivity contribution in [3.63, 3.8) is 0 Å². The highest BCUT2D eigenvalue weighted by atomic mass is 35.5. The van der Waals surface area contributed by atoms with Gasteiger partial charge in [-0.1, -0.05) is 23.7 Å². The molecule has 1 amide bonds. The first-order chi connectivity index (χ1) is 14.4. The first-order valence-electron chi connectivity index (χ1n) is 9.26. The summed E-state index contributed by atoms with van der Waals surface area (Å²) in [6.07, 6.45) is 0. The minimum absolute atomic E-state index is 0.153. The van der Waals surface area contributed by atoms with Crippen LogP contribution < -0.4 is 15.4 Å². The van der Waals surface area contributed by atoms with Crippen LogP contribution in [0.15, 0.2) is 52.9 Å². The van der Waals surface area contributed by atoms with E-state index in [4.69, 9.17) is 33.0 Å². The average molecular weight is 445 g/mol. The number of aryl methyl sites for hydroxylation is 1. The van der Waals surface area contributed by atoms with Crippen LogP contribution in [0.25, 0.3) is 11.3 Å². The molecule has 0 unspecified atom stereocenters. The Balaban J connectivity index is 1.70. The summed E-state index contributed by atoms with van der Waals surface area (Å²) in [6, 6.07) is 14.0. The van der Waals surface area contributed by atoms with Crippen LogP contribution in [0.5, 0.6) is 5.75 Å². The van der Waals surface area contributed by atoms with E-state index in [-0.39, 0.29) is 17.6 Å². The molecule has 0 spiro atoms. The van der Waals surface area contributed by atoms with Gasteiger partial charge in [-0.25, -0.2) is 0 Å². The number of aliphatic hydroxyl groups is 1. The highest BCUT2D eigenvalue weighted by Crippen LogP contribution is 2.28. The van der Waals surface area contributed by atoms with Crippen molar-refractivity contribution in [3.05, 3.63) is 70.4 Å². The van der Waals surface area contributed by atoms with Gasteiger partial charge < -0.3 is 19.6 Å². The van der Waals surface area contributed by atoms with Crippen LogP contribution in [0, 0.1) is 6.92 Å². The van der Waals surface area contributed by atoms with E-state index in [9.17, 15) is 9.90 Å². The molecule has 1 aromatic heterocycles. The molecule has 156 valence electrons. The zero-order valence-corrected chi connectivity index (χ0v) is 18.1. The van der Waals surface area contributed by atoms with E-state index in [0.717, 1.165) is 16.8 Å². The maximum atomic E-state index is 12.5. The zero-order valence-electron chi connectivity index (χ0n) is 16.5. The highest BCUT2D eigenvalue weighted by Gasteiger charge is 2.13. The fourth-order valence-electron chi connectivity index (χ4n) is 2.77. The van der Waals surface area contributed by atoms with Gasteiger partial charge in [-0.2, -0.15) is 0 Å². The third-order valence-corrected chi connectivity index (χ3v) is 4.81. The summed E-state index contributed by atoms with van der Waals surface area (Å²) in [5.74, 6) is 1.24. The summed E-state index contributed by atoms with van der Waals surface area (Å²) in [6.45, 7) is 4.10. The number of thiocarbonyl (C=S) groups is 1. The number of ether oxygens (including phenoxy) is 1. The third-order valence-electron chi connectivity index (χ3n) is 4.31. The first kappa shape index (κ1) is 21.8. The van der Waals surface area contributed by atoms with Crippen molar-refractivity contribution in [3.8, 4) is 17.1 Å². The lowest BCUT2D eigenvalue weighted by atomic mass is 10.1. The van der Waals surface area contributed by atoms with Crippen molar-refractivity contribution < 1.29 is 19.1 Å². The fraction of sp³-hybridized carbons (Fsp3) is 0.182. The predicted molar refractivity (Wildman–Crippen MR) is 121 cm³/mol. The lowest BCUT2D eigenvalue weighted by Crippen LogP contribution is -2.34. The Kier molecular flexibility index (Phi) is 7.10. The average Bonchev–Trinajstić information content (AvgIpc) is 3.20. The lowest BCUT2D eigenvalue weighted by Gasteiger charge is -2.13. The van der Waals surface area contributed by atoms with E-state index in [2.05, 4.69) is 10.6 Å². The maximum absolute atomic E-state index is 12.5. The van der Waals surface area contributed by atoms with E-state index in [1.165, 1.54) is 6.07 Å². The van der Waals surface area contributed by atoms with Crippen LogP contribution in [0.2, 0.25) is 5.02 Å². The van der Waals surface area contributed by atoms with Crippen molar-refractivity contribution in [2.24, 2.45) is 0 Å². The summed E-state index contributed by atoms with van der Waals surface area (Å²) < 4.78 is 11.0. The Morgan fingerprint density at radius 2 is 2.00 bits per heavy atom. The molecule has 0 bridgehead atoms. The van der Waals surface area contributed by atoms with Crippen LogP contribution in [0.1, 0.15) is 28.6 Å². The molecule has 0 aliphatic carbocycles. The van der Waals surface area contributed by atoms with E-state index in [1.807, 2.05) is 32.0 Å². The van der Waals surface area contributed by atoms with E-state index in [1.54, 1.807) is 24.3 Å². The quantitative estimate of drug-likeness (QED) is 0.468. The Morgan fingerprint density at radius 3 is 2.67 bits per heavy atom. The van der Waals surface area contributed by atoms with E-state index < -0.39 is 0 Å². The van der Waals surface area contributed by atoms with Crippen LogP contribution >= 0.6 is 23.8 Å². The molecule has 2 aromatic carbocycles. The Hall–Kier alpha value is -2.87. The molecule has 0 aliphatic heterocycles. The molecule has 3 aromatic rings. The molecule has 0 saturated carbocycles. The largest absolute Gasteiger partial charge is 0.492 e. The van der Waals surface area contributed by atoms with Crippen LogP contribution in [-0.4, -0.2) is 22.7 Å². The molecule has 30 heavy (non-hydrogen) atoms. The minimum atomic E-state index is -0.384. The first-order valence-corrected chi connectivity index (χ1v) is 10.0. The van der Waals surface area contributed by atoms with Gasteiger partial charge in [0.15, 0.2) is 5.11 Å². The smallest absolute Gasteiger partial charge is 0.257 e. The molecule has 0 saturated heterocycles. The lowest BCUT2D eigenvalue weighted by molar-refractivity contribution is 0.0977. The number of carbonyl (C=O) groups is 1. The molecule has 3 N–H and O–H groups in total. The summed E-state index contributed by atoms with van der Waals surface area (Å²) in [5.41, 5.74) is 2.85. The molecule has 0 aliphatic rings. The molecule has 6 nitrogen and oxygen atoms in total. The predicted octanol–water partition coefficient (Wildman–Crippen LogP) is 4.93. The third kappa shape index (κ3) is 5.18. The van der Waals surface area contributed by atoms with Crippen molar-refractivity contribution in [1.82, 2.24) is 5.32 Å². The standard InChI is InChI=1S/C22H21ClN2O4S/c1-3-28-20-8-6-15(10-17(20)23)21(27)25-22(30)24-18-11-14(5-4-13(18)2)19-9-7-16(12-26)29-19/h4-11,26H,3,12H2,1-2H3,(H2,24,25,27,30). The molecular weight excluding hydrogens is 424 g/mol. The van der Waals surface area contributed by atoms with Gasteiger partial charge in [-0.05, 0) is 68.0 Å². The maximum Gasteiger partial charge on any atom is 0.257 e. The number of anilines is 1. The second-order valence-electron chi connectivity index (χ2n) is 6.44. The zero-order chi connectivity index (χ0) is 21.7. The van der Waals surface area contributed by atoms with Gasteiger partial charge in [0.25, 0.3) is 5.91 Å². The summed E-state index contributed by atoms with van der Waals surface area (Å²) in [4.78, 5) is 12.5. The number of rotatable bonds is 6. The normalized spacial score (nSPS) is 10.5. The van der Waals surface area contributed by atoms with E-state index >= 15 is 0 Å². The minimum Gasteiger partial charge on any atom is -0.492 e. The van der Waals surface area contributed by atoms with Gasteiger partial charge in [-0.15, -0.1) is 0 Å². The molecule has 0 atom stereocenters. The summed E-state index contributed by atoms with van der Waals surface area (Å²) in [5, 5.41) is 15.4. The molecular formula is C22H21ClN2O4S. The second-order valence-corrected chi connectivity index (χ2v) is 7.26. The monoisotopic (exact) mass is 444 g/mol. The van der Waals surface area contributed by atoms with Crippen LogP contribution in [-0.2, 0) is 6.61 Å². The van der Waals surface area contributed by atoms with Crippen molar-refractivity contribution in [1.29, 1.82) is 0 Å². The van der Waals surface area contributed by atoms with Crippen molar-refractivity contribution >= 4 is 40.5 Å². The van der Waals surface area contributed by atoms with Gasteiger partial charge in [-0.3, -0.25) is 10.1 Å². The molecule has 3 rings (SSSR count). The molecule has 8 heteroatoms. The SMILES string of the molecule is CCOc1ccc(C(=O)NC(=S)Nc2cc(-c3ccc(CO)o3)ccc2C)cc1Cl. The van der Waals surface area contributed by atoms with Crippen LogP contribution in [0.3, 0.4) is 0 Å². The summed E-state index contributed by atoms with van der Waals surface area (Å²) >= 11 is 11.4. The van der Waals surface area contributed by atoms with Crippen molar-refractivity contribution in [2.75, 3.05) is 11.9 Å². The Labute approximate surface area is 184 Å². The van der Waals surface area contributed by atoms with Gasteiger partial charge in [0, 0.05) is 16.8 Å². The number of hydrogen-bond acceptors (Lipinski definition) is 5. The number of furan rings is 1. The Morgan fingerprint density at radius 1 is 1.20 bits per heavy atom.